The van der Waals surface area contributed by atoms with Crippen LogP contribution in [0.3, 0.4) is 0 Å². The van der Waals surface area contributed by atoms with Gasteiger partial charge < -0.3 is 14.5 Å². The van der Waals surface area contributed by atoms with E-state index in [9.17, 15) is 4.79 Å². The van der Waals surface area contributed by atoms with E-state index in [1.165, 1.54) is 11.8 Å². The second-order valence-corrected chi connectivity index (χ2v) is 8.43. The van der Waals surface area contributed by atoms with Gasteiger partial charge in [-0.3, -0.25) is 4.79 Å². The zero-order valence-electron chi connectivity index (χ0n) is 17.4. The van der Waals surface area contributed by atoms with Gasteiger partial charge in [0.1, 0.15) is 11.0 Å². The van der Waals surface area contributed by atoms with Crippen LogP contribution in [0.15, 0.2) is 82.4 Å². The number of benzene rings is 3. The molecule has 0 radical (unpaired) electrons. The molecule has 0 spiro atoms. The average molecular weight is 466 g/mol. The molecule has 0 aliphatic carbocycles. The second-order valence-electron chi connectivity index (χ2n) is 6.96. The standard InChI is InChI=1S/C24H20ClN3O3S/c1-15-8-11-18(14-20(15)25)26-22(29)21(16-6-4-3-5-7-16)32-24-28-27-23(31-24)17-9-12-19(30-2)13-10-17/h3-14,21H,1-2H3,(H,26,29). The number of rotatable bonds is 7. The summed E-state index contributed by atoms with van der Waals surface area (Å²) in [4.78, 5) is 13.2. The third-order valence-electron chi connectivity index (χ3n) is 4.74. The van der Waals surface area contributed by atoms with Crippen LogP contribution < -0.4 is 10.1 Å². The highest BCUT2D eigenvalue weighted by Crippen LogP contribution is 2.37. The summed E-state index contributed by atoms with van der Waals surface area (Å²) in [5, 5.41) is 11.5. The quantitative estimate of drug-likeness (QED) is 0.328. The van der Waals surface area contributed by atoms with Crippen LogP contribution in [0.25, 0.3) is 11.5 Å². The zero-order valence-corrected chi connectivity index (χ0v) is 19.0. The van der Waals surface area contributed by atoms with Gasteiger partial charge in [0.05, 0.1) is 7.11 Å². The SMILES string of the molecule is COc1ccc(-c2nnc(SC(C(=O)Nc3ccc(C)c(Cl)c3)c3ccccc3)o2)cc1. The summed E-state index contributed by atoms with van der Waals surface area (Å²) in [5.41, 5.74) is 3.14. The van der Waals surface area contributed by atoms with Gasteiger partial charge in [-0.1, -0.05) is 48.0 Å². The second kappa shape index (κ2) is 9.89. The number of nitrogens with zero attached hydrogens (tertiary/aromatic N) is 2. The van der Waals surface area contributed by atoms with Crippen LogP contribution in [0.5, 0.6) is 5.75 Å². The first-order valence-electron chi connectivity index (χ1n) is 9.80. The Morgan fingerprint density at radius 1 is 1.06 bits per heavy atom. The third kappa shape index (κ3) is 5.12. The molecule has 0 bridgehead atoms. The number of aryl methyl sites for hydroxylation is 1. The maximum absolute atomic E-state index is 13.2. The van der Waals surface area contributed by atoms with E-state index in [0.29, 0.717) is 21.8 Å². The number of hydrogen-bond acceptors (Lipinski definition) is 6. The summed E-state index contributed by atoms with van der Waals surface area (Å²) in [7, 11) is 1.61. The van der Waals surface area contributed by atoms with Crippen molar-refractivity contribution in [2.45, 2.75) is 17.4 Å². The summed E-state index contributed by atoms with van der Waals surface area (Å²) >= 11 is 7.40. The van der Waals surface area contributed by atoms with Gasteiger partial charge in [0, 0.05) is 16.3 Å². The molecule has 0 aliphatic rings. The van der Waals surface area contributed by atoms with Crippen molar-refractivity contribution in [2.75, 3.05) is 12.4 Å². The Bertz CT molecular complexity index is 1210. The topological polar surface area (TPSA) is 77.2 Å². The fourth-order valence-electron chi connectivity index (χ4n) is 2.99. The summed E-state index contributed by atoms with van der Waals surface area (Å²) < 4.78 is 11.0. The van der Waals surface area contributed by atoms with Crippen LogP contribution in [-0.2, 0) is 4.79 Å². The monoisotopic (exact) mass is 465 g/mol. The van der Waals surface area contributed by atoms with Crippen molar-refractivity contribution >= 4 is 35.0 Å². The van der Waals surface area contributed by atoms with Crippen molar-refractivity contribution in [2.24, 2.45) is 0 Å². The van der Waals surface area contributed by atoms with Gasteiger partial charge in [-0.15, -0.1) is 10.2 Å². The number of methoxy groups -OCH3 is 1. The van der Waals surface area contributed by atoms with Gasteiger partial charge in [-0.2, -0.15) is 0 Å². The Labute approximate surface area is 195 Å². The lowest BCUT2D eigenvalue weighted by Gasteiger charge is -2.15. The molecule has 1 unspecified atom stereocenters. The van der Waals surface area contributed by atoms with E-state index in [-0.39, 0.29) is 5.91 Å². The largest absolute Gasteiger partial charge is 0.497 e. The number of ether oxygens (including phenoxy) is 1. The molecule has 1 N–H and O–H groups in total. The summed E-state index contributed by atoms with van der Waals surface area (Å²) in [6, 6.07) is 22.2. The molecule has 162 valence electrons. The first kappa shape index (κ1) is 21.9. The fraction of sp³-hybridized carbons (Fsp3) is 0.125. The van der Waals surface area contributed by atoms with Crippen LogP contribution >= 0.6 is 23.4 Å². The first-order chi connectivity index (χ1) is 15.5. The Morgan fingerprint density at radius 3 is 2.50 bits per heavy atom. The van der Waals surface area contributed by atoms with Crippen LogP contribution in [0.1, 0.15) is 16.4 Å². The zero-order chi connectivity index (χ0) is 22.5. The lowest BCUT2D eigenvalue weighted by molar-refractivity contribution is -0.115. The Kier molecular flexibility index (Phi) is 6.78. The predicted octanol–water partition coefficient (Wildman–Crippen LogP) is 6.18. The Balaban J connectivity index is 1.56. The molecular formula is C24H20ClN3O3S. The lowest BCUT2D eigenvalue weighted by Crippen LogP contribution is -2.19. The minimum Gasteiger partial charge on any atom is -0.497 e. The third-order valence-corrected chi connectivity index (χ3v) is 6.24. The molecule has 4 aromatic rings. The normalized spacial score (nSPS) is 11.7. The molecule has 1 heterocycles. The van der Waals surface area contributed by atoms with E-state index in [2.05, 4.69) is 15.5 Å². The molecule has 0 saturated heterocycles. The van der Waals surface area contributed by atoms with Crippen molar-refractivity contribution < 1.29 is 13.9 Å². The van der Waals surface area contributed by atoms with Crippen molar-refractivity contribution in [3.05, 3.63) is 88.9 Å². The van der Waals surface area contributed by atoms with E-state index in [0.717, 1.165) is 22.4 Å². The highest BCUT2D eigenvalue weighted by atomic mass is 35.5. The fourth-order valence-corrected chi connectivity index (χ4v) is 4.04. The van der Waals surface area contributed by atoms with E-state index in [1.54, 1.807) is 13.2 Å². The summed E-state index contributed by atoms with van der Waals surface area (Å²) in [5.74, 6) is 0.887. The van der Waals surface area contributed by atoms with E-state index < -0.39 is 5.25 Å². The van der Waals surface area contributed by atoms with Gasteiger partial charge in [-0.05, 0) is 66.2 Å². The minimum atomic E-state index is -0.597. The molecule has 8 heteroatoms. The molecule has 32 heavy (non-hydrogen) atoms. The molecule has 1 amide bonds. The molecule has 0 fully saturated rings. The molecule has 1 aromatic heterocycles. The van der Waals surface area contributed by atoms with Crippen LogP contribution in [0.4, 0.5) is 5.69 Å². The number of carbonyl (C=O) groups excluding carboxylic acids is 1. The lowest BCUT2D eigenvalue weighted by atomic mass is 10.1. The van der Waals surface area contributed by atoms with Gasteiger partial charge in [0.2, 0.25) is 11.8 Å². The van der Waals surface area contributed by atoms with Gasteiger partial charge >= 0.3 is 0 Å². The summed E-state index contributed by atoms with van der Waals surface area (Å²) in [6.07, 6.45) is 0. The van der Waals surface area contributed by atoms with Crippen LogP contribution in [0, 0.1) is 6.92 Å². The average Bonchev–Trinajstić information content (AvgIpc) is 3.29. The van der Waals surface area contributed by atoms with Crippen molar-refractivity contribution in [1.82, 2.24) is 10.2 Å². The van der Waals surface area contributed by atoms with Gasteiger partial charge in [0.15, 0.2) is 0 Å². The number of anilines is 1. The molecule has 0 aliphatic heterocycles. The minimum absolute atomic E-state index is 0.217. The number of aromatic nitrogens is 2. The predicted molar refractivity (Wildman–Crippen MR) is 126 cm³/mol. The maximum atomic E-state index is 13.2. The molecule has 0 saturated carbocycles. The Morgan fingerprint density at radius 2 is 1.81 bits per heavy atom. The first-order valence-corrected chi connectivity index (χ1v) is 11.1. The molecule has 4 rings (SSSR count). The molecule has 3 aromatic carbocycles. The number of amides is 1. The number of halogens is 1. The number of thioether (sulfide) groups is 1. The number of hydrogen-bond donors (Lipinski definition) is 1. The van der Waals surface area contributed by atoms with E-state index in [1.807, 2.05) is 73.7 Å². The number of carbonyl (C=O) groups is 1. The van der Waals surface area contributed by atoms with Crippen LogP contribution in [-0.4, -0.2) is 23.2 Å². The van der Waals surface area contributed by atoms with Crippen molar-refractivity contribution in [3.63, 3.8) is 0 Å². The van der Waals surface area contributed by atoms with Crippen molar-refractivity contribution in [1.29, 1.82) is 0 Å². The Hall–Kier alpha value is -3.29. The molecule has 1 atom stereocenters. The molecular weight excluding hydrogens is 446 g/mol. The van der Waals surface area contributed by atoms with Gasteiger partial charge in [0.25, 0.3) is 5.22 Å². The smallest absolute Gasteiger partial charge is 0.277 e. The highest BCUT2D eigenvalue weighted by Gasteiger charge is 2.25. The molecule has 6 nitrogen and oxygen atoms in total. The van der Waals surface area contributed by atoms with Gasteiger partial charge in [-0.25, -0.2) is 0 Å². The van der Waals surface area contributed by atoms with E-state index >= 15 is 0 Å². The highest BCUT2D eigenvalue weighted by molar-refractivity contribution is 8.00. The summed E-state index contributed by atoms with van der Waals surface area (Å²) in [6.45, 7) is 1.91. The maximum Gasteiger partial charge on any atom is 0.277 e. The number of nitrogens with one attached hydrogen (secondary N) is 1. The van der Waals surface area contributed by atoms with Crippen LogP contribution in [0.2, 0.25) is 5.02 Å². The van der Waals surface area contributed by atoms with Crippen molar-refractivity contribution in [3.8, 4) is 17.2 Å². The van der Waals surface area contributed by atoms with E-state index in [4.69, 9.17) is 20.8 Å².